The summed E-state index contributed by atoms with van der Waals surface area (Å²) in [7, 11) is 2.12. The maximum absolute atomic E-state index is 6.39. The van der Waals surface area contributed by atoms with Crippen LogP contribution >= 0.6 is 15.9 Å². The summed E-state index contributed by atoms with van der Waals surface area (Å²) in [6.45, 7) is 4.96. The molecule has 3 nitrogen and oxygen atoms in total. The SMILES string of the molecule is CCC(N)C(c1cccc(Br)c1)N(C)Cc1ccoc1C. The van der Waals surface area contributed by atoms with Crippen LogP contribution in [-0.4, -0.2) is 18.0 Å². The number of nitrogens with two attached hydrogens (primary N) is 1. The fraction of sp³-hybridized carbons (Fsp3) is 0.412. The molecule has 21 heavy (non-hydrogen) atoms. The number of benzene rings is 1. The molecule has 4 heteroatoms. The second-order valence-electron chi connectivity index (χ2n) is 5.49. The number of rotatable bonds is 6. The highest BCUT2D eigenvalue weighted by Gasteiger charge is 2.24. The van der Waals surface area contributed by atoms with Crippen LogP contribution in [0.2, 0.25) is 0 Å². The number of nitrogens with zero attached hydrogens (tertiary/aromatic N) is 1. The van der Waals surface area contributed by atoms with Crippen molar-refractivity contribution in [3.63, 3.8) is 0 Å². The highest BCUT2D eigenvalue weighted by Crippen LogP contribution is 2.28. The molecular weight excluding hydrogens is 328 g/mol. The van der Waals surface area contributed by atoms with Crippen LogP contribution in [0.5, 0.6) is 0 Å². The Morgan fingerprint density at radius 3 is 2.67 bits per heavy atom. The molecule has 0 saturated carbocycles. The van der Waals surface area contributed by atoms with Crippen LogP contribution in [0.3, 0.4) is 0 Å². The summed E-state index contributed by atoms with van der Waals surface area (Å²) in [4.78, 5) is 2.30. The van der Waals surface area contributed by atoms with Crippen molar-refractivity contribution in [2.24, 2.45) is 5.73 Å². The van der Waals surface area contributed by atoms with Crippen LogP contribution in [0.15, 0.2) is 45.5 Å². The molecule has 2 rings (SSSR count). The van der Waals surface area contributed by atoms with E-state index in [9.17, 15) is 0 Å². The number of aryl methyl sites for hydroxylation is 1. The molecule has 1 heterocycles. The van der Waals surface area contributed by atoms with Crippen LogP contribution in [0.25, 0.3) is 0 Å². The summed E-state index contributed by atoms with van der Waals surface area (Å²) in [5.74, 6) is 0.972. The standard InChI is InChI=1S/C17H23BrN2O/c1-4-16(19)17(13-6-5-7-15(18)10-13)20(3)11-14-8-9-21-12(14)2/h5-10,16-17H,4,11,19H2,1-3H3. The predicted molar refractivity (Wildman–Crippen MR) is 90.1 cm³/mol. The Morgan fingerprint density at radius 1 is 1.33 bits per heavy atom. The van der Waals surface area contributed by atoms with E-state index in [-0.39, 0.29) is 12.1 Å². The molecule has 0 aliphatic rings. The summed E-state index contributed by atoms with van der Waals surface area (Å²) in [6, 6.07) is 10.7. The smallest absolute Gasteiger partial charge is 0.105 e. The van der Waals surface area contributed by atoms with E-state index in [1.807, 2.05) is 19.1 Å². The zero-order valence-corrected chi connectivity index (χ0v) is 14.4. The predicted octanol–water partition coefficient (Wildman–Crippen LogP) is 4.26. The summed E-state index contributed by atoms with van der Waals surface area (Å²) < 4.78 is 6.48. The van der Waals surface area contributed by atoms with Crippen LogP contribution in [-0.2, 0) is 6.54 Å². The van der Waals surface area contributed by atoms with Crippen molar-refractivity contribution < 1.29 is 4.42 Å². The van der Waals surface area contributed by atoms with Gasteiger partial charge in [0.05, 0.1) is 6.26 Å². The van der Waals surface area contributed by atoms with E-state index in [0.29, 0.717) is 0 Å². The maximum atomic E-state index is 6.39. The van der Waals surface area contributed by atoms with E-state index in [1.165, 1.54) is 11.1 Å². The molecular formula is C17H23BrN2O. The van der Waals surface area contributed by atoms with Gasteiger partial charge in [-0.2, -0.15) is 0 Å². The van der Waals surface area contributed by atoms with Crippen molar-refractivity contribution in [2.45, 2.75) is 38.9 Å². The van der Waals surface area contributed by atoms with E-state index in [1.54, 1.807) is 6.26 Å². The highest BCUT2D eigenvalue weighted by atomic mass is 79.9. The van der Waals surface area contributed by atoms with E-state index in [2.05, 4.69) is 53.0 Å². The van der Waals surface area contributed by atoms with Gasteiger partial charge < -0.3 is 10.2 Å². The van der Waals surface area contributed by atoms with Crippen molar-refractivity contribution in [3.05, 3.63) is 58.0 Å². The van der Waals surface area contributed by atoms with Crippen molar-refractivity contribution in [1.82, 2.24) is 4.90 Å². The van der Waals surface area contributed by atoms with Gasteiger partial charge in [0.25, 0.3) is 0 Å². The molecule has 2 N–H and O–H groups in total. The lowest BCUT2D eigenvalue weighted by molar-refractivity contribution is 0.200. The zero-order chi connectivity index (χ0) is 15.4. The molecule has 0 saturated heterocycles. The molecule has 114 valence electrons. The molecule has 0 aliphatic heterocycles. The lowest BCUT2D eigenvalue weighted by Gasteiger charge is -2.33. The molecule has 2 atom stereocenters. The second-order valence-corrected chi connectivity index (χ2v) is 6.40. The Hall–Kier alpha value is -1.10. The number of likely N-dealkylation sites (N-methyl/N-ethyl adjacent to an activating group) is 1. The van der Waals surface area contributed by atoms with Gasteiger partial charge >= 0.3 is 0 Å². The fourth-order valence-corrected chi connectivity index (χ4v) is 3.10. The van der Waals surface area contributed by atoms with Crippen LogP contribution < -0.4 is 5.73 Å². The zero-order valence-electron chi connectivity index (χ0n) is 12.8. The van der Waals surface area contributed by atoms with Crippen LogP contribution in [0, 0.1) is 6.92 Å². The number of halogens is 1. The summed E-state index contributed by atoms with van der Waals surface area (Å²) in [6.07, 6.45) is 2.68. The quantitative estimate of drug-likeness (QED) is 0.846. The molecule has 2 aromatic rings. The molecule has 0 aliphatic carbocycles. The van der Waals surface area contributed by atoms with E-state index in [4.69, 9.17) is 10.2 Å². The van der Waals surface area contributed by atoms with Gasteiger partial charge in [-0.15, -0.1) is 0 Å². The first-order valence-corrected chi connectivity index (χ1v) is 8.06. The van der Waals surface area contributed by atoms with Gasteiger partial charge in [-0.05, 0) is 44.2 Å². The van der Waals surface area contributed by atoms with E-state index >= 15 is 0 Å². The molecule has 0 bridgehead atoms. The van der Waals surface area contributed by atoms with Gasteiger partial charge in [-0.1, -0.05) is 35.0 Å². The first-order valence-electron chi connectivity index (χ1n) is 7.27. The van der Waals surface area contributed by atoms with Gasteiger partial charge in [-0.3, -0.25) is 4.90 Å². The van der Waals surface area contributed by atoms with Crippen molar-refractivity contribution in [2.75, 3.05) is 7.05 Å². The van der Waals surface area contributed by atoms with Crippen molar-refractivity contribution in [3.8, 4) is 0 Å². The molecule has 1 aromatic carbocycles. The Kier molecular flexibility index (Phi) is 5.62. The van der Waals surface area contributed by atoms with Gasteiger partial charge in [0, 0.05) is 28.7 Å². The van der Waals surface area contributed by atoms with Gasteiger partial charge in [0.2, 0.25) is 0 Å². The van der Waals surface area contributed by atoms with E-state index < -0.39 is 0 Å². The topological polar surface area (TPSA) is 42.4 Å². The number of hydrogen-bond donors (Lipinski definition) is 1. The molecule has 1 aromatic heterocycles. The molecule has 0 fully saturated rings. The molecule has 2 unspecified atom stereocenters. The first kappa shape index (κ1) is 16.3. The third-order valence-electron chi connectivity index (χ3n) is 3.93. The number of hydrogen-bond acceptors (Lipinski definition) is 3. The Labute approximate surface area is 135 Å². The summed E-state index contributed by atoms with van der Waals surface area (Å²) in [5.41, 5.74) is 8.83. The number of furan rings is 1. The Balaban J connectivity index is 2.25. The third kappa shape index (κ3) is 3.96. The third-order valence-corrected chi connectivity index (χ3v) is 4.42. The average molecular weight is 351 g/mol. The second kappa shape index (κ2) is 7.25. The molecule has 0 radical (unpaired) electrons. The highest BCUT2D eigenvalue weighted by molar-refractivity contribution is 9.10. The average Bonchev–Trinajstić information content (AvgIpc) is 2.84. The lowest BCUT2D eigenvalue weighted by Crippen LogP contribution is -2.38. The minimum atomic E-state index is 0.0940. The normalized spacial score (nSPS) is 14.4. The molecule has 0 spiro atoms. The van der Waals surface area contributed by atoms with Gasteiger partial charge in [-0.25, -0.2) is 0 Å². The van der Waals surface area contributed by atoms with Gasteiger partial charge in [0.1, 0.15) is 5.76 Å². The summed E-state index contributed by atoms with van der Waals surface area (Å²) in [5, 5.41) is 0. The minimum absolute atomic E-state index is 0.0940. The van der Waals surface area contributed by atoms with E-state index in [0.717, 1.165) is 23.2 Å². The van der Waals surface area contributed by atoms with Crippen LogP contribution in [0.4, 0.5) is 0 Å². The largest absolute Gasteiger partial charge is 0.469 e. The van der Waals surface area contributed by atoms with Crippen molar-refractivity contribution >= 4 is 15.9 Å². The first-order chi connectivity index (χ1) is 10.0. The lowest BCUT2D eigenvalue weighted by atomic mass is 9.96. The Bertz CT molecular complexity index is 582. The maximum Gasteiger partial charge on any atom is 0.105 e. The fourth-order valence-electron chi connectivity index (χ4n) is 2.68. The molecule has 0 amide bonds. The summed E-state index contributed by atoms with van der Waals surface area (Å²) >= 11 is 3.55. The Morgan fingerprint density at radius 2 is 2.10 bits per heavy atom. The van der Waals surface area contributed by atoms with Gasteiger partial charge in [0.15, 0.2) is 0 Å². The monoisotopic (exact) mass is 350 g/mol. The van der Waals surface area contributed by atoms with Crippen molar-refractivity contribution in [1.29, 1.82) is 0 Å². The van der Waals surface area contributed by atoms with Crippen LogP contribution in [0.1, 0.15) is 36.3 Å². The minimum Gasteiger partial charge on any atom is -0.469 e.